The Labute approximate surface area is 113 Å². The van der Waals surface area contributed by atoms with Crippen LogP contribution in [-0.2, 0) is 4.74 Å². The van der Waals surface area contributed by atoms with Gasteiger partial charge in [0.25, 0.3) is 0 Å². The number of carbonyl (C=O) groups is 1. The summed E-state index contributed by atoms with van der Waals surface area (Å²) in [5.41, 5.74) is 1.47. The summed E-state index contributed by atoms with van der Waals surface area (Å²) in [6.45, 7) is 5.67. The molecule has 2 aromatic heterocycles. The number of nitrogens with zero attached hydrogens (tertiary/aromatic N) is 4. The van der Waals surface area contributed by atoms with E-state index in [4.69, 9.17) is 16.3 Å². The first kappa shape index (κ1) is 13.0. The fraction of sp³-hybridized carbons (Fsp3) is 0.400. The molecule has 0 aliphatic heterocycles. The minimum atomic E-state index is -0.478. The zero-order valence-corrected chi connectivity index (χ0v) is 11.7. The maximum Gasteiger partial charge on any atom is 0.369 e. The monoisotopic (exact) mass is 286 g/mol. The highest BCUT2D eigenvalue weighted by atomic mass is 35.5. The number of ether oxygens (including phenoxy) is 1. The van der Waals surface area contributed by atoms with Crippen LogP contribution >= 0.6 is 22.9 Å². The van der Waals surface area contributed by atoms with E-state index in [1.165, 1.54) is 0 Å². The van der Waals surface area contributed by atoms with E-state index in [0.717, 1.165) is 17.0 Å². The number of aryl methyl sites for hydroxylation is 1. The van der Waals surface area contributed by atoms with Crippen molar-refractivity contribution < 1.29 is 9.53 Å². The Kier molecular flexibility index (Phi) is 3.63. The van der Waals surface area contributed by atoms with E-state index in [0.29, 0.717) is 22.5 Å². The van der Waals surface area contributed by atoms with Crippen LogP contribution in [0.1, 0.15) is 28.1 Å². The fourth-order valence-corrected chi connectivity index (χ4v) is 2.25. The molecule has 0 spiro atoms. The molecule has 6 nitrogen and oxygen atoms in total. The lowest BCUT2D eigenvalue weighted by Gasteiger charge is -1.96. The minimum absolute atomic E-state index is 0.204. The van der Waals surface area contributed by atoms with Gasteiger partial charge < -0.3 is 4.74 Å². The van der Waals surface area contributed by atoms with Crippen LogP contribution in [-0.4, -0.2) is 32.6 Å². The Hall–Kier alpha value is -1.47. The van der Waals surface area contributed by atoms with Gasteiger partial charge in [-0.1, -0.05) is 22.9 Å². The molecule has 0 atom stereocenters. The summed E-state index contributed by atoms with van der Waals surface area (Å²) < 4.78 is 6.42. The highest BCUT2D eigenvalue weighted by Gasteiger charge is 2.18. The predicted molar refractivity (Wildman–Crippen MR) is 67.5 cm³/mol. The molecular weight excluding hydrogens is 276 g/mol. The standard InChI is InChI=1S/C10H11ClN4O2S/c1-4-17-9(16)8-12-13-10(18-8)15-6(3)7(11)5(2)14-15/h4H2,1-3H3. The summed E-state index contributed by atoms with van der Waals surface area (Å²) in [4.78, 5) is 11.5. The summed E-state index contributed by atoms with van der Waals surface area (Å²) in [7, 11) is 0. The lowest BCUT2D eigenvalue weighted by Crippen LogP contribution is -2.03. The number of esters is 1. The van der Waals surface area contributed by atoms with E-state index in [-0.39, 0.29) is 5.01 Å². The number of rotatable bonds is 3. The van der Waals surface area contributed by atoms with Gasteiger partial charge in [0.15, 0.2) is 0 Å². The van der Waals surface area contributed by atoms with E-state index in [1.54, 1.807) is 18.5 Å². The van der Waals surface area contributed by atoms with Gasteiger partial charge in [0.1, 0.15) is 0 Å². The Morgan fingerprint density at radius 2 is 2.17 bits per heavy atom. The predicted octanol–water partition coefficient (Wildman–Crippen LogP) is 2.17. The second-order valence-corrected chi connectivity index (χ2v) is 4.84. The summed E-state index contributed by atoms with van der Waals surface area (Å²) in [5.74, 6) is -0.478. The number of carbonyl (C=O) groups excluding carboxylic acids is 1. The largest absolute Gasteiger partial charge is 0.461 e. The Morgan fingerprint density at radius 1 is 1.44 bits per heavy atom. The fourth-order valence-electron chi connectivity index (χ4n) is 1.39. The van der Waals surface area contributed by atoms with Crippen molar-refractivity contribution in [3.8, 4) is 5.13 Å². The van der Waals surface area contributed by atoms with Crippen molar-refractivity contribution in [3.05, 3.63) is 21.4 Å². The molecule has 8 heteroatoms. The number of hydrogen-bond donors (Lipinski definition) is 0. The summed E-state index contributed by atoms with van der Waals surface area (Å²) in [6.07, 6.45) is 0. The van der Waals surface area contributed by atoms with Crippen molar-refractivity contribution in [1.29, 1.82) is 0 Å². The lowest BCUT2D eigenvalue weighted by molar-refractivity contribution is 0.0525. The highest BCUT2D eigenvalue weighted by molar-refractivity contribution is 7.15. The Morgan fingerprint density at radius 3 is 2.72 bits per heavy atom. The lowest BCUT2D eigenvalue weighted by atomic mass is 10.4. The van der Waals surface area contributed by atoms with Gasteiger partial charge in [-0.2, -0.15) is 5.10 Å². The third kappa shape index (κ3) is 2.23. The van der Waals surface area contributed by atoms with Crippen molar-refractivity contribution >= 4 is 28.9 Å². The van der Waals surface area contributed by atoms with Gasteiger partial charge in [-0.15, -0.1) is 10.2 Å². The van der Waals surface area contributed by atoms with Crippen LogP contribution in [0.5, 0.6) is 0 Å². The van der Waals surface area contributed by atoms with Crippen LogP contribution in [0.2, 0.25) is 5.02 Å². The van der Waals surface area contributed by atoms with Gasteiger partial charge in [0.2, 0.25) is 10.1 Å². The van der Waals surface area contributed by atoms with Crippen LogP contribution in [0.4, 0.5) is 0 Å². The molecule has 0 aliphatic rings. The number of aromatic nitrogens is 4. The van der Waals surface area contributed by atoms with Crippen molar-refractivity contribution in [2.45, 2.75) is 20.8 Å². The van der Waals surface area contributed by atoms with E-state index in [2.05, 4.69) is 15.3 Å². The summed E-state index contributed by atoms with van der Waals surface area (Å²) in [5, 5.41) is 13.2. The third-order valence-electron chi connectivity index (χ3n) is 2.25. The van der Waals surface area contributed by atoms with Crippen molar-refractivity contribution in [1.82, 2.24) is 20.0 Å². The molecule has 0 bridgehead atoms. The Bertz CT molecular complexity index is 593. The third-order valence-corrected chi connectivity index (χ3v) is 3.67. The molecule has 2 aromatic rings. The smallest absolute Gasteiger partial charge is 0.369 e. The molecule has 18 heavy (non-hydrogen) atoms. The second kappa shape index (κ2) is 5.03. The van der Waals surface area contributed by atoms with E-state index in [1.807, 2.05) is 6.92 Å². The molecule has 0 saturated heterocycles. The first-order valence-electron chi connectivity index (χ1n) is 5.27. The maximum absolute atomic E-state index is 11.5. The molecule has 0 N–H and O–H groups in total. The van der Waals surface area contributed by atoms with E-state index >= 15 is 0 Å². The molecular formula is C10H11ClN4O2S. The molecule has 0 amide bonds. The summed E-state index contributed by atoms with van der Waals surface area (Å²) in [6, 6.07) is 0. The first-order valence-corrected chi connectivity index (χ1v) is 6.46. The van der Waals surface area contributed by atoms with Crippen LogP contribution in [0.25, 0.3) is 5.13 Å². The molecule has 0 aromatic carbocycles. The number of hydrogen-bond acceptors (Lipinski definition) is 6. The SMILES string of the molecule is CCOC(=O)c1nnc(-n2nc(C)c(Cl)c2C)s1. The van der Waals surface area contributed by atoms with Crippen LogP contribution in [0, 0.1) is 13.8 Å². The van der Waals surface area contributed by atoms with Crippen LogP contribution < -0.4 is 0 Å². The topological polar surface area (TPSA) is 69.9 Å². The minimum Gasteiger partial charge on any atom is -0.461 e. The van der Waals surface area contributed by atoms with Gasteiger partial charge in [-0.3, -0.25) is 0 Å². The van der Waals surface area contributed by atoms with Gasteiger partial charge in [0.05, 0.1) is 23.0 Å². The molecule has 0 radical (unpaired) electrons. The van der Waals surface area contributed by atoms with Crippen LogP contribution in [0.15, 0.2) is 0 Å². The average molecular weight is 287 g/mol. The average Bonchev–Trinajstić information content (AvgIpc) is 2.91. The maximum atomic E-state index is 11.5. The molecule has 2 heterocycles. The second-order valence-electron chi connectivity index (χ2n) is 3.51. The van der Waals surface area contributed by atoms with Gasteiger partial charge in [0, 0.05) is 0 Å². The van der Waals surface area contributed by atoms with Crippen LogP contribution in [0.3, 0.4) is 0 Å². The molecule has 0 saturated carbocycles. The van der Waals surface area contributed by atoms with E-state index in [9.17, 15) is 4.79 Å². The molecule has 0 unspecified atom stereocenters. The van der Waals surface area contributed by atoms with Gasteiger partial charge in [-0.25, -0.2) is 9.48 Å². The molecule has 2 rings (SSSR count). The number of halogens is 1. The van der Waals surface area contributed by atoms with Gasteiger partial charge in [-0.05, 0) is 20.8 Å². The zero-order chi connectivity index (χ0) is 13.3. The highest BCUT2D eigenvalue weighted by Crippen LogP contribution is 2.24. The zero-order valence-electron chi connectivity index (χ0n) is 10.1. The quantitative estimate of drug-likeness (QED) is 0.809. The van der Waals surface area contributed by atoms with Crippen molar-refractivity contribution in [2.75, 3.05) is 6.61 Å². The Balaban J connectivity index is 2.35. The molecule has 96 valence electrons. The normalized spacial score (nSPS) is 10.7. The molecule has 0 fully saturated rings. The summed E-state index contributed by atoms with van der Waals surface area (Å²) >= 11 is 7.16. The van der Waals surface area contributed by atoms with Crippen molar-refractivity contribution in [3.63, 3.8) is 0 Å². The van der Waals surface area contributed by atoms with Crippen molar-refractivity contribution in [2.24, 2.45) is 0 Å². The van der Waals surface area contributed by atoms with E-state index < -0.39 is 5.97 Å². The van der Waals surface area contributed by atoms with Gasteiger partial charge >= 0.3 is 5.97 Å². The first-order chi connectivity index (χ1) is 8.54. The molecule has 0 aliphatic carbocycles.